The lowest BCUT2D eigenvalue weighted by Gasteiger charge is -2.20. The van der Waals surface area contributed by atoms with Crippen molar-refractivity contribution >= 4 is 11.6 Å². The summed E-state index contributed by atoms with van der Waals surface area (Å²) in [5.41, 5.74) is -0.0268. The topological polar surface area (TPSA) is 9.23 Å². The summed E-state index contributed by atoms with van der Waals surface area (Å²) in [7, 11) is 0. The van der Waals surface area contributed by atoms with Gasteiger partial charge in [-0.15, -0.1) is 11.6 Å². The molecule has 1 nitrogen and oxygen atoms in total. The molecule has 1 fully saturated rings. The van der Waals surface area contributed by atoms with Crippen LogP contribution in [0.5, 0.6) is 0 Å². The Kier molecular flexibility index (Phi) is 2.02. The van der Waals surface area contributed by atoms with Crippen molar-refractivity contribution in [3.8, 4) is 0 Å². The van der Waals surface area contributed by atoms with Gasteiger partial charge in [0, 0.05) is 0 Å². The first-order valence-electron chi connectivity index (χ1n) is 3.40. The Hall–Kier alpha value is 0.250. The molecule has 1 saturated heterocycles. The minimum absolute atomic E-state index is 0.0268. The van der Waals surface area contributed by atoms with Crippen LogP contribution in [0.2, 0.25) is 0 Å². The first-order chi connectivity index (χ1) is 4.16. The molecule has 54 valence electrons. The monoisotopic (exact) mass is 148 g/mol. The van der Waals surface area contributed by atoms with Crippen molar-refractivity contribution in [1.82, 2.24) is 0 Å². The summed E-state index contributed by atoms with van der Waals surface area (Å²) in [5.74, 6) is 0.622. The Bertz CT molecular complexity index is 105. The summed E-state index contributed by atoms with van der Waals surface area (Å²) in [6.45, 7) is 4.17. The van der Waals surface area contributed by atoms with Crippen molar-refractivity contribution in [1.29, 1.82) is 0 Å². The predicted octanol–water partition coefficient (Wildman–Crippen LogP) is 2.18. The third-order valence-electron chi connectivity index (χ3n) is 1.85. The van der Waals surface area contributed by atoms with E-state index >= 15 is 0 Å². The maximum atomic E-state index is 5.69. The van der Waals surface area contributed by atoms with E-state index in [4.69, 9.17) is 16.3 Å². The van der Waals surface area contributed by atoms with Gasteiger partial charge in [-0.05, 0) is 26.7 Å². The minimum atomic E-state index is -0.0268. The van der Waals surface area contributed by atoms with Gasteiger partial charge in [0.25, 0.3) is 0 Å². The van der Waals surface area contributed by atoms with Crippen LogP contribution in [0, 0.1) is 0 Å². The van der Waals surface area contributed by atoms with Crippen LogP contribution in [0.3, 0.4) is 0 Å². The number of halogens is 1. The van der Waals surface area contributed by atoms with Gasteiger partial charge in [-0.1, -0.05) is 0 Å². The van der Waals surface area contributed by atoms with Gasteiger partial charge >= 0.3 is 0 Å². The number of ether oxygens (including phenoxy) is 1. The second-order valence-corrected chi connectivity index (χ2v) is 3.32. The molecule has 1 heterocycles. The Morgan fingerprint density at radius 1 is 1.78 bits per heavy atom. The number of hydrogen-bond donors (Lipinski definition) is 0. The van der Waals surface area contributed by atoms with E-state index in [0.717, 1.165) is 12.8 Å². The van der Waals surface area contributed by atoms with Crippen molar-refractivity contribution in [3.63, 3.8) is 0 Å². The molecule has 0 unspecified atom stereocenters. The van der Waals surface area contributed by atoms with Gasteiger partial charge in [-0.2, -0.15) is 0 Å². The lowest BCUT2D eigenvalue weighted by Crippen LogP contribution is -2.26. The van der Waals surface area contributed by atoms with Crippen LogP contribution < -0.4 is 0 Å². The molecule has 0 N–H and O–H groups in total. The normalized spacial score (nSPS) is 43.7. The van der Waals surface area contributed by atoms with E-state index in [1.807, 2.05) is 0 Å². The Labute approximate surface area is 61.3 Å². The summed E-state index contributed by atoms with van der Waals surface area (Å²) >= 11 is 5.69. The molecule has 0 bridgehead atoms. The highest BCUT2D eigenvalue weighted by Crippen LogP contribution is 2.30. The van der Waals surface area contributed by atoms with E-state index in [9.17, 15) is 0 Å². The molecular formula is C7H13ClO. The Morgan fingerprint density at radius 2 is 2.44 bits per heavy atom. The number of rotatable bonds is 1. The van der Waals surface area contributed by atoms with Crippen molar-refractivity contribution in [2.24, 2.45) is 0 Å². The largest absolute Gasteiger partial charge is 0.371 e. The van der Waals surface area contributed by atoms with Crippen LogP contribution in [0.15, 0.2) is 0 Å². The van der Waals surface area contributed by atoms with E-state index in [1.54, 1.807) is 0 Å². The van der Waals surface area contributed by atoms with Crippen molar-refractivity contribution in [2.75, 3.05) is 5.88 Å². The lowest BCUT2D eigenvalue weighted by atomic mass is 10.1. The van der Waals surface area contributed by atoms with Crippen LogP contribution in [0.25, 0.3) is 0 Å². The molecule has 0 aromatic rings. The summed E-state index contributed by atoms with van der Waals surface area (Å²) in [6, 6.07) is 0. The predicted molar refractivity (Wildman–Crippen MR) is 38.9 cm³/mol. The number of hydrogen-bond acceptors (Lipinski definition) is 1. The lowest BCUT2D eigenvalue weighted by molar-refractivity contribution is -0.00415. The van der Waals surface area contributed by atoms with Gasteiger partial charge in [-0.25, -0.2) is 0 Å². The zero-order chi connectivity index (χ0) is 6.91. The molecule has 0 spiro atoms. The first kappa shape index (κ1) is 7.36. The van der Waals surface area contributed by atoms with Crippen LogP contribution in [0.4, 0.5) is 0 Å². The zero-order valence-electron chi connectivity index (χ0n) is 5.98. The number of alkyl halides is 1. The highest BCUT2D eigenvalue weighted by molar-refractivity contribution is 6.18. The van der Waals surface area contributed by atoms with E-state index in [-0.39, 0.29) is 5.60 Å². The zero-order valence-corrected chi connectivity index (χ0v) is 6.74. The van der Waals surface area contributed by atoms with Crippen LogP contribution in [0.1, 0.15) is 26.7 Å². The molecule has 0 aromatic carbocycles. The summed E-state index contributed by atoms with van der Waals surface area (Å²) in [6.07, 6.45) is 2.68. The highest BCUT2D eigenvalue weighted by atomic mass is 35.5. The molecule has 0 radical (unpaired) electrons. The molecular weight excluding hydrogens is 136 g/mol. The Balaban J connectivity index is 2.45. The molecule has 0 aromatic heterocycles. The van der Waals surface area contributed by atoms with Gasteiger partial charge in [-0.3, -0.25) is 0 Å². The van der Waals surface area contributed by atoms with E-state index in [0.29, 0.717) is 12.0 Å². The van der Waals surface area contributed by atoms with E-state index < -0.39 is 0 Å². The quantitative estimate of drug-likeness (QED) is 0.518. The molecule has 9 heavy (non-hydrogen) atoms. The minimum Gasteiger partial charge on any atom is -0.371 e. The van der Waals surface area contributed by atoms with Crippen LogP contribution >= 0.6 is 11.6 Å². The van der Waals surface area contributed by atoms with Gasteiger partial charge in [0.1, 0.15) is 0 Å². The second-order valence-electron chi connectivity index (χ2n) is 3.05. The standard InChI is InChI=1S/C7H13ClO/c1-6-3-4-7(2,5-8)9-6/h6H,3-5H2,1-2H3/t6-,7-/m0/s1. The van der Waals surface area contributed by atoms with Gasteiger partial charge in [0.2, 0.25) is 0 Å². The van der Waals surface area contributed by atoms with E-state index in [2.05, 4.69) is 13.8 Å². The molecule has 0 aliphatic carbocycles. The average Bonchev–Trinajstić information content (AvgIpc) is 2.13. The van der Waals surface area contributed by atoms with E-state index in [1.165, 1.54) is 0 Å². The third-order valence-corrected chi connectivity index (χ3v) is 2.41. The average molecular weight is 149 g/mol. The van der Waals surface area contributed by atoms with Crippen LogP contribution in [-0.2, 0) is 4.74 Å². The summed E-state index contributed by atoms with van der Waals surface area (Å²) in [5, 5.41) is 0. The molecule has 0 amide bonds. The maximum absolute atomic E-state index is 5.69. The summed E-state index contributed by atoms with van der Waals surface area (Å²) < 4.78 is 5.57. The molecule has 1 aliphatic heterocycles. The van der Waals surface area contributed by atoms with Crippen LogP contribution in [-0.4, -0.2) is 17.6 Å². The molecule has 0 saturated carbocycles. The summed E-state index contributed by atoms with van der Waals surface area (Å²) in [4.78, 5) is 0. The molecule has 1 aliphatic rings. The smallest absolute Gasteiger partial charge is 0.0793 e. The highest BCUT2D eigenvalue weighted by Gasteiger charge is 2.32. The fourth-order valence-electron chi connectivity index (χ4n) is 1.21. The second kappa shape index (κ2) is 2.47. The first-order valence-corrected chi connectivity index (χ1v) is 3.93. The van der Waals surface area contributed by atoms with Crippen molar-refractivity contribution in [2.45, 2.75) is 38.4 Å². The fraction of sp³-hybridized carbons (Fsp3) is 1.00. The van der Waals surface area contributed by atoms with Gasteiger partial charge in [0.05, 0.1) is 17.6 Å². The third kappa shape index (κ3) is 1.59. The molecule has 1 rings (SSSR count). The fourth-order valence-corrected chi connectivity index (χ4v) is 1.41. The molecule has 2 heteroatoms. The van der Waals surface area contributed by atoms with Crippen molar-refractivity contribution < 1.29 is 4.74 Å². The maximum Gasteiger partial charge on any atom is 0.0793 e. The SMILES string of the molecule is C[C@H]1CC[C@@](C)(CCl)O1. The van der Waals surface area contributed by atoms with Gasteiger partial charge in [0.15, 0.2) is 0 Å². The van der Waals surface area contributed by atoms with Crippen molar-refractivity contribution in [3.05, 3.63) is 0 Å². The van der Waals surface area contributed by atoms with Gasteiger partial charge < -0.3 is 4.74 Å². The Morgan fingerprint density at radius 3 is 2.67 bits per heavy atom. The molecule has 2 atom stereocenters.